The van der Waals surface area contributed by atoms with Crippen LogP contribution in [0.5, 0.6) is 5.75 Å². The van der Waals surface area contributed by atoms with Crippen molar-refractivity contribution >= 4 is 40.5 Å². The van der Waals surface area contributed by atoms with E-state index in [9.17, 15) is 14.9 Å². The predicted molar refractivity (Wildman–Crippen MR) is 181 cm³/mol. The molecule has 0 aliphatic carbocycles. The second-order valence-corrected chi connectivity index (χ2v) is 13.0. The number of nitro groups is 1. The Kier molecular flexibility index (Phi) is 9.53. The molecule has 13 heteroatoms. The first-order valence-electron chi connectivity index (χ1n) is 15.7. The number of nitro benzene ring substituents is 1. The van der Waals surface area contributed by atoms with Gasteiger partial charge in [-0.15, -0.1) is 0 Å². The van der Waals surface area contributed by atoms with Crippen LogP contribution in [0.4, 0.5) is 34.5 Å². The lowest BCUT2D eigenvalue weighted by atomic mass is 9.91. The van der Waals surface area contributed by atoms with E-state index >= 15 is 0 Å². The first-order chi connectivity index (χ1) is 22.3. The molecule has 248 valence electrons. The monoisotopic (exact) mass is 642 g/mol. The second-order valence-electron chi connectivity index (χ2n) is 13.0. The molecule has 2 aliphatic rings. The van der Waals surface area contributed by atoms with Crippen molar-refractivity contribution in [1.29, 1.82) is 0 Å². The van der Waals surface area contributed by atoms with Gasteiger partial charge in [-0.1, -0.05) is 19.8 Å². The topological polar surface area (TPSA) is 139 Å². The van der Waals surface area contributed by atoms with E-state index in [1.165, 1.54) is 19.4 Å². The Morgan fingerprint density at radius 1 is 1.23 bits per heavy atom. The molecule has 0 saturated carbocycles. The molecule has 2 aliphatic heterocycles. The maximum atomic E-state index is 13.3. The Bertz CT molecular complexity index is 1750. The number of hydrogen-bond donors (Lipinski definition) is 1. The van der Waals surface area contributed by atoms with Gasteiger partial charge in [-0.25, -0.2) is 14.8 Å². The summed E-state index contributed by atoms with van der Waals surface area (Å²) in [5.74, 6) is 6.20. The molecule has 13 nitrogen and oxygen atoms in total. The Morgan fingerprint density at radius 2 is 2.00 bits per heavy atom. The summed E-state index contributed by atoms with van der Waals surface area (Å²) < 4.78 is 11.3. The van der Waals surface area contributed by atoms with Gasteiger partial charge in [0.15, 0.2) is 5.82 Å². The number of likely N-dealkylation sites (N-methyl/N-ethyl adjacent to an activating group) is 1. The molecule has 2 aromatic heterocycles. The van der Waals surface area contributed by atoms with Crippen molar-refractivity contribution < 1.29 is 19.2 Å². The van der Waals surface area contributed by atoms with E-state index < -0.39 is 11.4 Å². The molecular formula is C34H42N8O5. The molecule has 0 amide bonds. The smallest absolute Gasteiger partial charge is 0.343 e. The molecule has 0 spiro atoms. The van der Waals surface area contributed by atoms with Crippen LogP contribution in [0.15, 0.2) is 30.5 Å². The third-order valence-corrected chi connectivity index (χ3v) is 8.20. The predicted octanol–water partition coefficient (Wildman–Crippen LogP) is 5.43. The first kappa shape index (κ1) is 33.4. The number of ether oxygens (including phenoxy) is 2. The number of nitrogens with zero attached hydrogens (tertiary/aromatic N) is 7. The number of hydrogen-bond acceptors (Lipinski definition) is 12. The van der Waals surface area contributed by atoms with Gasteiger partial charge in [0, 0.05) is 49.4 Å². The van der Waals surface area contributed by atoms with Gasteiger partial charge in [-0.3, -0.25) is 10.1 Å². The summed E-state index contributed by atoms with van der Waals surface area (Å²) in [6, 6.07) is 7.06. The van der Waals surface area contributed by atoms with E-state index in [2.05, 4.69) is 45.8 Å². The normalized spacial score (nSPS) is 16.6. The average molecular weight is 643 g/mol. The van der Waals surface area contributed by atoms with Gasteiger partial charge in [-0.2, -0.15) is 4.98 Å². The fourth-order valence-electron chi connectivity index (χ4n) is 6.26. The molecule has 1 atom stereocenters. The van der Waals surface area contributed by atoms with Crippen LogP contribution in [-0.2, 0) is 10.2 Å². The van der Waals surface area contributed by atoms with Crippen LogP contribution >= 0.6 is 0 Å². The van der Waals surface area contributed by atoms with Crippen LogP contribution in [0.25, 0.3) is 0 Å². The quantitative estimate of drug-likeness (QED) is 0.131. The van der Waals surface area contributed by atoms with Crippen LogP contribution in [0.3, 0.4) is 0 Å². The highest BCUT2D eigenvalue weighted by Crippen LogP contribution is 2.45. The van der Waals surface area contributed by atoms with E-state index in [4.69, 9.17) is 19.4 Å². The van der Waals surface area contributed by atoms with E-state index in [1.54, 1.807) is 26.8 Å². The number of pyridine rings is 1. The summed E-state index contributed by atoms with van der Waals surface area (Å²) in [6.45, 7) is 11.4. The molecule has 4 heterocycles. The van der Waals surface area contributed by atoms with E-state index in [0.29, 0.717) is 41.7 Å². The maximum absolute atomic E-state index is 13.3. The summed E-state index contributed by atoms with van der Waals surface area (Å²) in [5.41, 5.74) is 2.84. The Balaban J connectivity index is 1.58. The molecule has 1 aromatic carbocycles. The SMILES string of the molecule is CC#Cc1ccc2c(n1)C(C)(C)CN2c1nc(Nc2cc([N+](=O)[O-])c(N3CCC[C@@H]3CN(C)C)cc2OC)ncc1C(=O)OC(C)C. The maximum Gasteiger partial charge on any atom is 0.343 e. The van der Waals surface area contributed by atoms with E-state index in [-0.39, 0.29) is 34.3 Å². The third kappa shape index (κ3) is 6.92. The zero-order valence-electron chi connectivity index (χ0n) is 28.2. The highest BCUT2D eigenvalue weighted by Gasteiger charge is 2.40. The van der Waals surface area contributed by atoms with Crippen molar-refractivity contribution in [3.8, 4) is 17.6 Å². The zero-order valence-corrected chi connectivity index (χ0v) is 28.2. The lowest BCUT2D eigenvalue weighted by Crippen LogP contribution is -2.37. The highest BCUT2D eigenvalue weighted by atomic mass is 16.6. The number of carbonyl (C=O) groups excluding carboxylic acids is 1. The number of aromatic nitrogens is 3. The molecule has 1 fully saturated rings. The van der Waals surface area contributed by atoms with E-state index in [0.717, 1.165) is 30.8 Å². The van der Waals surface area contributed by atoms with Crippen LogP contribution in [0, 0.1) is 22.0 Å². The number of benzene rings is 1. The molecule has 3 aromatic rings. The largest absolute Gasteiger partial charge is 0.494 e. The number of esters is 1. The summed E-state index contributed by atoms with van der Waals surface area (Å²) in [4.78, 5) is 45.5. The molecule has 1 N–H and O–H groups in total. The molecule has 0 bridgehead atoms. The Hall–Kier alpha value is -4.96. The second kappa shape index (κ2) is 13.4. The molecule has 47 heavy (non-hydrogen) atoms. The van der Waals surface area contributed by atoms with Crippen LogP contribution in [0.2, 0.25) is 0 Å². The Morgan fingerprint density at radius 3 is 2.66 bits per heavy atom. The lowest BCUT2D eigenvalue weighted by Gasteiger charge is -2.29. The fourth-order valence-corrected chi connectivity index (χ4v) is 6.26. The van der Waals surface area contributed by atoms with Crippen LogP contribution < -0.4 is 19.9 Å². The van der Waals surface area contributed by atoms with Crippen molar-refractivity contribution in [1.82, 2.24) is 19.9 Å². The van der Waals surface area contributed by atoms with Crippen molar-refractivity contribution in [2.24, 2.45) is 0 Å². The summed E-state index contributed by atoms with van der Waals surface area (Å²) in [7, 11) is 5.51. The van der Waals surface area contributed by atoms with Crippen molar-refractivity contribution in [3.05, 3.63) is 57.5 Å². The fraction of sp³-hybridized carbons (Fsp3) is 0.471. The standard InChI is InChI=1S/C34H42N8O5/c1-9-11-22-13-14-26-30(36-22)34(4,5)20-41(26)31-24(32(43)47-21(2)3)18-35-33(38-31)37-25-16-28(42(44)45)27(17-29(25)46-8)40-15-10-12-23(40)19-39(6)7/h13-14,16-18,21,23H,10,12,15,19-20H2,1-8H3,(H,35,37,38)/t23-/m1/s1. The van der Waals surface area contributed by atoms with Gasteiger partial charge >= 0.3 is 5.97 Å². The van der Waals surface area contributed by atoms with Gasteiger partial charge < -0.3 is 29.5 Å². The van der Waals surface area contributed by atoms with Crippen molar-refractivity contribution in [2.75, 3.05) is 56.0 Å². The van der Waals surface area contributed by atoms with Gasteiger partial charge in [0.1, 0.15) is 22.7 Å². The molecule has 5 rings (SSSR count). The van der Waals surface area contributed by atoms with Crippen LogP contribution in [0.1, 0.15) is 69.2 Å². The lowest BCUT2D eigenvalue weighted by molar-refractivity contribution is -0.384. The van der Waals surface area contributed by atoms with Gasteiger partial charge in [-0.05, 0) is 65.8 Å². The number of carbonyl (C=O) groups is 1. The average Bonchev–Trinajstić information content (AvgIpc) is 3.57. The molecule has 1 saturated heterocycles. The summed E-state index contributed by atoms with van der Waals surface area (Å²) in [6.07, 6.45) is 2.94. The Labute approximate surface area is 275 Å². The summed E-state index contributed by atoms with van der Waals surface area (Å²) >= 11 is 0. The summed E-state index contributed by atoms with van der Waals surface area (Å²) in [5, 5.41) is 15.5. The van der Waals surface area contributed by atoms with E-state index in [1.807, 2.05) is 31.1 Å². The minimum absolute atomic E-state index is 0.0522. The minimum Gasteiger partial charge on any atom is -0.494 e. The first-order valence-corrected chi connectivity index (χ1v) is 15.7. The van der Waals surface area contributed by atoms with Gasteiger partial charge in [0.2, 0.25) is 5.95 Å². The zero-order chi connectivity index (χ0) is 34.0. The van der Waals surface area contributed by atoms with Gasteiger partial charge in [0.25, 0.3) is 5.69 Å². The number of rotatable bonds is 10. The number of nitrogens with one attached hydrogen (secondary N) is 1. The molecular weight excluding hydrogens is 600 g/mol. The van der Waals surface area contributed by atoms with Gasteiger partial charge in [0.05, 0.1) is 35.2 Å². The number of anilines is 5. The minimum atomic E-state index is -0.565. The molecule has 0 unspecified atom stereocenters. The third-order valence-electron chi connectivity index (χ3n) is 8.20. The van der Waals surface area contributed by atoms with Crippen molar-refractivity contribution in [3.63, 3.8) is 0 Å². The number of fused-ring (bicyclic) bond motifs is 1. The number of methoxy groups -OCH3 is 1. The molecule has 0 radical (unpaired) electrons. The highest BCUT2D eigenvalue weighted by molar-refractivity contribution is 5.96. The van der Waals surface area contributed by atoms with Crippen LogP contribution in [-0.4, -0.2) is 83.7 Å². The van der Waals surface area contributed by atoms with Crippen molar-refractivity contribution in [2.45, 2.75) is 65.0 Å².